The van der Waals surface area contributed by atoms with Crippen molar-refractivity contribution in [3.8, 4) is 0 Å². The van der Waals surface area contributed by atoms with Gasteiger partial charge in [0, 0.05) is 25.7 Å². The molecule has 2 amide bonds. The largest absolute Gasteiger partial charge is 0.445 e. The van der Waals surface area contributed by atoms with Crippen LogP contribution < -0.4 is 5.73 Å². The Morgan fingerprint density at radius 1 is 1.03 bits per heavy atom. The number of nitrogens with two attached hydrogens (primary N) is 1. The third-order valence-corrected chi connectivity index (χ3v) is 5.87. The molecular formula is C24H37N3O5. The normalized spacial score (nSPS) is 22.5. The van der Waals surface area contributed by atoms with E-state index in [1.54, 1.807) is 9.80 Å². The summed E-state index contributed by atoms with van der Waals surface area (Å²) in [6.45, 7) is 8.02. The molecule has 2 atom stereocenters. The average molecular weight is 448 g/mol. The molecule has 2 N–H and O–H groups in total. The maximum atomic E-state index is 12.7. The molecule has 0 saturated carbocycles. The number of carbonyl (C=O) groups is 2. The number of hydrogen-bond donors (Lipinski definition) is 1. The number of nitrogens with zero attached hydrogens (tertiary/aromatic N) is 2. The molecule has 0 aliphatic carbocycles. The Balaban J connectivity index is 1.47. The molecule has 1 aromatic rings. The molecule has 2 saturated heterocycles. The van der Waals surface area contributed by atoms with Gasteiger partial charge in [0.15, 0.2) is 0 Å². The lowest BCUT2D eigenvalue weighted by Gasteiger charge is -2.40. The van der Waals surface area contributed by atoms with E-state index in [1.807, 2.05) is 51.1 Å². The van der Waals surface area contributed by atoms with Crippen LogP contribution in [0.4, 0.5) is 9.59 Å². The molecule has 8 nitrogen and oxygen atoms in total. The second-order valence-electron chi connectivity index (χ2n) is 9.61. The fraction of sp³-hybridized carbons (Fsp3) is 0.667. The minimum atomic E-state index is -0.500. The Labute approximate surface area is 191 Å². The molecule has 0 aromatic heterocycles. The highest BCUT2D eigenvalue weighted by molar-refractivity contribution is 5.68. The minimum absolute atomic E-state index is 0.0324. The molecule has 0 spiro atoms. The van der Waals surface area contributed by atoms with Gasteiger partial charge in [0.1, 0.15) is 12.2 Å². The average Bonchev–Trinajstić information content (AvgIpc) is 2.76. The quantitative estimate of drug-likeness (QED) is 0.742. The second kappa shape index (κ2) is 11.0. The third kappa shape index (κ3) is 7.10. The van der Waals surface area contributed by atoms with E-state index in [4.69, 9.17) is 19.9 Å². The molecule has 178 valence electrons. The van der Waals surface area contributed by atoms with Gasteiger partial charge in [0.2, 0.25) is 0 Å². The lowest BCUT2D eigenvalue weighted by molar-refractivity contribution is -0.0381. The van der Waals surface area contributed by atoms with Crippen molar-refractivity contribution in [2.24, 2.45) is 5.73 Å². The van der Waals surface area contributed by atoms with Crippen molar-refractivity contribution in [3.63, 3.8) is 0 Å². The van der Waals surface area contributed by atoms with E-state index < -0.39 is 5.60 Å². The topological polar surface area (TPSA) is 94.3 Å². The fourth-order valence-electron chi connectivity index (χ4n) is 4.10. The summed E-state index contributed by atoms with van der Waals surface area (Å²) in [6.07, 6.45) is 2.58. The van der Waals surface area contributed by atoms with Gasteiger partial charge in [-0.05, 0) is 52.0 Å². The lowest BCUT2D eigenvalue weighted by Crippen LogP contribution is -2.57. The molecule has 2 aliphatic heterocycles. The first-order valence-electron chi connectivity index (χ1n) is 11.6. The smallest absolute Gasteiger partial charge is 0.410 e. The SMILES string of the molecule is CC(C)(C)OC(=O)N1CCC(OCC2C(N)CCCN2C(=O)OCc2ccccc2)CC1. The summed E-state index contributed by atoms with van der Waals surface area (Å²) >= 11 is 0. The van der Waals surface area contributed by atoms with Crippen molar-refractivity contribution in [2.45, 2.75) is 76.9 Å². The van der Waals surface area contributed by atoms with E-state index in [0.717, 1.165) is 31.2 Å². The number of amides is 2. The molecule has 8 heteroatoms. The Bertz CT molecular complexity index is 744. The van der Waals surface area contributed by atoms with Gasteiger partial charge in [-0.2, -0.15) is 0 Å². The molecule has 2 fully saturated rings. The van der Waals surface area contributed by atoms with Crippen LogP contribution in [0.2, 0.25) is 0 Å². The Morgan fingerprint density at radius 3 is 2.38 bits per heavy atom. The van der Waals surface area contributed by atoms with Gasteiger partial charge in [-0.15, -0.1) is 0 Å². The first-order valence-corrected chi connectivity index (χ1v) is 11.6. The van der Waals surface area contributed by atoms with Gasteiger partial charge in [0.05, 0.1) is 18.8 Å². The minimum Gasteiger partial charge on any atom is -0.445 e. The van der Waals surface area contributed by atoms with Gasteiger partial charge in [-0.1, -0.05) is 30.3 Å². The van der Waals surface area contributed by atoms with Gasteiger partial charge in [-0.25, -0.2) is 9.59 Å². The maximum absolute atomic E-state index is 12.7. The Kier molecular flexibility index (Phi) is 8.37. The molecule has 0 bridgehead atoms. The highest BCUT2D eigenvalue weighted by atomic mass is 16.6. The molecule has 32 heavy (non-hydrogen) atoms. The van der Waals surface area contributed by atoms with Crippen molar-refractivity contribution in [1.29, 1.82) is 0 Å². The van der Waals surface area contributed by atoms with Gasteiger partial charge in [-0.3, -0.25) is 0 Å². The summed E-state index contributed by atoms with van der Waals surface area (Å²) in [7, 11) is 0. The number of ether oxygens (including phenoxy) is 3. The number of likely N-dealkylation sites (tertiary alicyclic amines) is 2. The van der Waals surface area contributed by atoms with Crippen LogP contribution in [0.15, 0.2) is 30.3 Å². The van der Waals surface area contributed by atoms with Crippen LogP contribution in [0.5, 0.6) is 0 Å². The third-order valence-electron chi connectivity index (χ3n) is 5.87. The Morgan fingerprint density at radius 2 is 1.72 bits per heavy atom. The van der Waals surface area contributed by atoms with E-state index in [9.17, 15) is 9.59 Å². The molecule has 1 aromatic carbocycles. The zero-order valence-electron chi connectivity index (χ0n) is 19.5. The number of piperidine rings is 2. The van der Waals surface area contributed by atoms with Crippen LogP contribution in [-0.4, -0.2) is 72.0 Å². The predicted molar refractivity (Wildman–Crippen MR) is 121 cm³/mol. The first kappa shape index (κ1) is 24.3. The van der Waals surface area contributed by atoms with Gasteiger partial charge in [0.25, 0.3) is 0 Å². The summed E-state index contributed by atoms with van der Waals surface area (Å²) < 4.78 is 17.1. The van der Waals surface area contributed by atoms with Crippen LogP contribution in [0.1, 0.15) is 52.0 Å². The highest BCUT2D eigenvalue weighted by Gasteiger charge is 2.35. The molecule has 2 aliphatic rings. The predicted octanol–water partition coefficient (Wildman–Crippen LogP) is 3.53. The summed E-state index contributed by atoms with van der Waals surface area (Å²) in [4.78, 5) is 28.4. The maximum Gasteiger partial charge on any atom is 0.410 e. The second-order valence-corrected chi connectivity index (χ2v) is 9.61. The number of benzene rings is 1. The molecule has 0 radical (unpaired) electrons. The van der Waals surface area contributed by atoms with Crippen LogP contribution in [0.3, 0.4) is 0 Å². The van der Waals surface area contributed by atoms with Crippen molar-refractivity contribution in [3.05, 3.63) is 35.9 Å². The van der Waals surface area contributed by atoms with Crippen molar-refractivity contribution >= 4 is 12.2 Å². The van der Waals surface area contributed by atoms with E-state index in [2.05, 4.69) is 0 Å². The number of rotatable bonds is 5. The van der Waals surface area contributed by atoms with E-state index in [1.165, 1.54) is 0 Å². The highest BCUT2D eigenvalue weighted by Crippen LogP contribution is 2.22. The van der Waals surface area contributed by atoms with Gasteiger partial charge < -0.3 is 29.7 Å². The van der Waals surface area contributed by atoms with Crippen molar-refractivity contribution in [1.82, 2.24) is 9.80 Å². The van der Waals surface area contributed by atoms with Gasteiger partial charge >= 0.3 is 12.2 Å². The van der Waals surface area contributed by atoms with E-state index in [-0.39, 0.29) is 37.0 Å². The molecular weight excluding hydrogens is 410 g/mol. The van der Waals surface area contributed by atoms with E-state index in [0.29, 0.717) is 26.2 Å². The van der Waals surface area contributed by atoms with Crippen LogP contribution in [0, 0.1) is 0 Å². The standard InChI is InChI=1S/C24H37N3O5/c1-24(2,3)32-22(28)26-14-11-19(12-15-26)30-17-21-20(25)10-7-13-27(21)23(29)31-16-18-8-5-4-6-9-18/h4-6,8-9,19-21H,7,10-17,25H2,1-3H3. The van der Waals surface area contributed by atoms with Crippen molar-refractivity contribution < 1.29 is 23.8 Å². The fourth-order valence-corrected chi connectivity index (χ4v) is 4.10. The van der Waals surface area contributed by atoms with Crippen LogP contribution in [0.25, 0.3) is 0 Å². The molecule has 3 rings (SSSR count). The van der Waals surface area contributed by atoms with E-state index >= 15 is 0 Å². The monoisotopic (exact) mass is 447 g/mol. The number of carbonyl (C=O) groups excluding carboxylic acids is 2. The molecule has 2 unspecified atom stereocenters. The summed E-state index contributed by atoms with van der Waals surface area (Å²) in [6, 6.07) is 9.28. The lowest BCUT2D eigenvalue weighted by atomic mass is 9.98. The zero-order valence-corrected chi connectivity index (χ0v) is 19.5. The van der Waals surface area contributed by atoms with Crippen molar-refractivity contribution in [2.75, 3.05) is 26.2 Å². The molecule has 2 heterocycles. The summed E-state index contributed by atoms with van der Waals surface area (Å²) in [5, 5.41) is 0. The summed E-state index contributed by atoms with van der Waals surface area (Å²) in [5.74, 6) is 0. The van der Waals surface area contributed by atoms with Crippen LogP contribution >= 0.6 is 0 Å². The van der Waals surface area contributed by atoms with Crippen LogP contribution in [-0.2, 0) is 20.8 Å². The Hall–Kier alpha value is -2.32. The summed E-state index contributed by atoms with van der Waals surface area (Å²) in [5.41, 5.74) is 6.80. The first-order chi connectivity index (χ1) is 15.2. The zero-order chi connectivity index (χ0) is 23.1. The number of hydrogen-bond acceptors (Lipinski definition) is 6.